The van der Waals surface area contributed by atoms with Gasteiger partial charge >= 0.3 is 0 Å². The van der Waals surface area contributed by atoms with E-state index >= 15 is 0 Å². The zero-order valence-electron chi connectivity index (χ0n) is 10.3. The minimum absolute atomic E-state index is 0.465. The van der Waals surface area contributed by atoms with Gasteiger partial charge in [0.2, 0.25) is 0 Å². The SMILES string of the molecule is CN1CCC(C)(CNCc2ccn[nH]2)CC1. The van der Waals surface area contributed by atoms with Gasteiger partial charge in [-0.05, 0) is 44.5 Å². The molecule has 1 aliphatic rings. The Bertz CT molecular complexity index is 299. The van der Waals surface area contributed by atoms with Crippen LogP contribution in [-0.4, -0.2) is 41.8 Å². The topological polar surface area (TPSA) is 44.0 Å². The van der Waals surface area contributed by atoms with Crippen LogP contribution in [-0.2, 0) is 6.54 Å². The largest absolute Gasteiger partial charge is 0.311 e. The van der Waals surface area contributed by atoms with Crippen molar-refractivity contribution in [2.45, 2.75) is 26.3 Å². The molecule has 2 rings (SSSR count). The van der Waals surface area contributed by atoms with E-state index in [1.807, 2.05) is 6.07 Å². The summed E-state index contributed by atoms with van der Waals surface area (Å²) >= 11 is 0. The zero-order chi connectivity index (χ0) is 11.4. The highest BCUT2D eigenvalue weighted by Gasteiger charge is 2.28. The molecule has 1 fully saturated rings. The van der Waals surface area contributed by atoms with Crippen molar-refractivity contribution in [2.75, 3.05) is 26.7 Å². The van der Waals surface area contributed by atoms with Crippen LogP contribution in [0.15, 0.2) is 12.3 Å². The summed E-state index contributed by atoms with van der Waals surface area (Å²) in [5.41, 5.74) is 1.63. The Morgan fingerprint density at radius 1 is 1.50 bits per heavy atom. The average Bonchev–Trinajstić information content (AvgIpc) is 2.76. The monoisotopic (exact) mass is 222 g/mol. The summed E-state index contributed by atoms with van der Waals surface area (Å²) in [6.07, 6.45) is 4.38. The summed E-state index contributed by atoms with van der Waals surface area (Å²) in [5.74, 6) is 0. The van der Waals surface area contributed by atoms with E-state index in [-0.39, 0.29) is 0 Å². The van der Waals surface area contributed by atoms with E-state index in [9.17, 15) is 0 Å². The van der Waals surface area contributed by atoms with Crippen molar-refractivity contribution in [1.82, 2.24) is 20.4 Å². The maximum atomic E-state index is 3.94. The molecule has 4 heteroatoms. The van der Waals surface area contributed by atoms with E-state index in [2.05, 4.69) is 34.4 Å². The summed E-state index contributed by atoms with van der Waals surface area (Å²) in [7, 11) is 2.21. The van der Waals surface area contributed by atoms with Gasteiger partial charge in [0.1, 0.15) is 0 Å². The van der Waals surface area contributed by atoms with Crippen LogP contribution in [0.4, 0.5) is 0 Å². The summed E-state index contributed by atoms with van der Waals surface area (Å²) in [6.45, 7) is 6.83. The predicted molar refractivity (Wildman–Crippen MR) is 65.1 cm³/mol. The number of likely N-dealkylation sites (tertiary alicyclic amines) is 1. The highest BCUT2D eigenvalue weighted by molar-refractivity contribution is 4.97. The average molecular weight is 222 g/mol. The maximum absolute atomic E-state index is 3.94. The van der Waals surface area contributed by atoms with Crippen molar-refractivity contribution in [3.63, 3.8) is 0 Å². The first-order chi connectivity index (χ1) is 7.68. The lowest BCUT2D eigenvalue weighted by Gasteiger charge is -2.38. The lowest BCUT2D eigenvalue weighted by Crippen LogP contribution is -2.41. The van der Waals surface area contributed by atoms with Gasteiger partial charge in [-0.1, -0.05) is 6.92 Å². The van der Waals surface area contributed by atoms with Crippen molar-refractivity contribution in [2.24, 2.45) is 5.41 Å². The van der Waals surface area contributed by atoms with Gasteiger partial charge < -0.3 is 10.2 Å². The van der Waals surface area contributed by atoms with Crippen LogP contribution in [0.3, 0.4) is 0 Å². The van der Waals surface area contributed by atoms with E-state index in [1.54, 1.807) is 6.20 Å². The first kappa shape index (κ1) is 11.6. The second-order valence-corrected chi connectivity index (χ2v) is 5.30. The summed E-state index contributed by atoms with van der Waals surface area (Å²) in [6, 6.07) is 2.02. The van der Waals surface area contributed by atoms with Gasteiger partial charge in [-0.15, -0.1) is 0 Å². The quantitative estimate of drug-likeness (QED) is 0.805. The zero-order valence-corrected chi connectivity index (χ0v) is 10.3. The fraction of sp³-hybridized carbons (Fsp3) is 0.750. The fourth-order valence-electron chi connectivity index (χ4n) is 2.22. The molecular weight excluding hydrogens is 200 g/mol. The normalized spacial score (nSPS) is 21.1. The van der Waals surface area contributed by atoms with Crippen molar-refractivity contribution >= 4 is 0 Å². The Hall–Kier alpha value is -0.870. The Kier molecular flexibility index (Phi) is 3.61. The summed E-state index contributed by atoms with van der Waals surface area (Å²) in [4.78, 5) is 2.41. The molecule has 2 heterocycles. The second kappa shape index (κ2) is 4.97. The molecule has 1 aliphatic heterocycles. The van der Waals surface area contributed by atoms with Gasteiger partial charge in [-0.2, -0.15) is 5.10 Å². The number of hydrogen-bond acceptors (Lipinski definition) is 3. The Labute approximate surface area is 97.4 Å². The van der Waals surface area contributed by atoms with Crippen molar-refractivity contribution in [1.29, 1.82) is 0 Å². The molecule has 4 nitrogen and oxygen atoms in total. The Balaban J connectivity index is 1.73. The molecule has 1 aromatic rings. The molecule has 16 heavy (non-hydrogen) atoms. The first-order valence-electron chi connectivity index (χ1n) is 6.05. The molecule has 1 aromatic heterocycles. The molecule has 90 valence electrons. The number of hydrogen-bond donors (Lipinski definition) is 2. The molecule has 0 amide bonds. The molecule has 0 spiro atoms. The van der Waals surface area contributed by atoms with E-state index in [0.717, 1.165) is 18.8 Å². The molecule has 0 aromatic carbocycles. The molecule has 2 N–H and O–H groups in total. The number of nitrogens with zero attached hydrogens (tertiary/aromatic N) is 2. The van der Waals surface area contributed by atoms with E-state index in [4.69, 9.17) is 0 Å². The first-order valence-corrected chi connectivity index (χ1v) is 6.05. The van der Waals surface area contributed by atoms with Crippen LogP contribution in [0.2, 0.25) is 0 Å². The number of aromatic nitrogens is 2. The maximum Gasteiger partial charge on any atom is 0.0490 e. The third kappa shape index (κ3) is 3.06. The Morgan fingerprint density at radius 2 is 2.25 bits per heavy atom. The van der Waals surface area contributed by atoms with Gasteiger partial charge in [0.05, 0.1) is 0 Å². The van der Waals surface area contributed by atoms with E-state index in [1.165, 1.54) is 25.9 Å². The van der Waals surface area contributed by atoms with Crippen LogP contribution >= 0.6 is 0 Å². The van der Waals surface area contributed by atoms with Crippen LogP contribution in [0.25, 0.3) is 0 Å². The molecular formula is C12H22N4. The van der Waals surface area contributed by atoms with Crippen molar-refractivity contribution in [3.8, 4) is 0 Å². The molecule has 1 saturated heterocycles. The molecule has 0 bridgehead atoms. The van der Waals surface area contributed by atoms with Crippen LogP contribution in [0, 0.1) is 5.41 Å². The second-order valence-electron chi connectivity index (χ2n) is 5.30. The highest BCUT2D eigenvalue weighted by Crippen LogP contribution is 2.29. The predicted octanol–water partition coefficient (Wildman–Crippen LogP) is 1.23. The smallest absolute Gasteiger partial charge is 0.0490 e. The van der Waals surface area contributed by atoms with Crippen LogP contribution in [0.5, 0.6) is 0 Å². The van der Waals surface area contributed by atoms with Gasteiger partial charge in [-0.25, -0.2) is 0 Å². The number of H-pyrrole nitrogens is 1. The van der Waals surface area contributed by atoms with Crippen LogP contribution < -0.4 is 5.32 Å². The molecule has 0 radical (unpaired) electrons. The third-order valence-electron chi connectivity index (χ3n) is 3.62. The van der Waals surface area contributed by atoms with Gasteiger partial charge in [0.25, 0.3) is 0 Å². The van der Waals surface area contributed by atoms with E-state index < -0.39 is 0 Å². The fourth-order valence-corrected chi connectivity index (χ4v) is 2.22. The van der Waals surface area contributed by atoms with E-state index in [0.29, 0.717) is 5.41 Å². The van der Waals surface area contributed by atoms with Gasteiger partial charge in [0.15, 0.2) is 0 Å². The lowest BCUT2D eigenvalue weighted by molar-refractivity contribution is 0.136. The van der Waals surface area contributed by atoms with Crippen molar-refractivity contribution in [3.05, 3.63) is 18.0 Å². The van der Waals surface area contributed by atoms with Crippen molar-refractivity contribution < 1.29 is 0 Å². The highest BCUT2D eigenvalue weighted by atomic mass is 15.1. The molecule has 0 atom stereocenters. The number of piperidine rings is 1. The Morgan fingerprint density at radius 3 is 2.88 bits per heavy atom. The molecule has 0 aliphatic carbocycles. The lowest BCUT2D eigenvalue weighted by atomic mass is 9.80. The molecule has 0 saturated carbocycles. The number of rotatable bonds is 4. The minimum Gasteiger partial charge on any atom is -0.311 e. The molecule has 0 unspecified atom stereocenters. The van der Waals surface area contributed by atoms with Gasteiger partial charge in [-0.3, -0.25) is 5.10 Å². The third-order valence-corrected chi connectivity index (χ3v) is 3.62. The summed E-state index contributed by atoms with van der Waals surface area (Å²) < 4.78 is 0. The minimum atomic E-state index is 0.465. The number of nitrogens with one attached hydrogen (secondary N) is 2. The summed E-state index contributed by atoms with van der Waals surface area (Å²) in [5, 5.41) is 10.4. The van der Waals surface area contributed by atoms with Gasteiger partial charge in [0, 0.05) is 25.0 Å². The number of aromatic amines is 1. The van der Waals surface area contributed by atoms with Crippen LogP contribution in [0.1, 0.15) is 25.5 Å². The standard InChI is InChI=1S/C12H22N4/c1-12(4-7-16(2)8-5-12)10-13-9-11-3-6-14-15-11/h3,6,13H,4-5,7-10H2,1-2H3,(H,14,15).